The minimum absolute atomic E-state index is 0.536. The summed E-state index contributed by atoms with van der Waals surface area (Å²) in [5, 5.41) is 1.10. The molecule has 160 valence electrons. The van der Waals surface area contributed by atoms with E-state index >= 15 is 0 Å². The SMILES string of the molecule is CCCC/C(=C\c1ccccc1)c1cc(C)c(C)cc1N(NC(=O)OC)C(=O)OC. The first-order valence-electron chi connectivity index (χ1n) is 10.0. The van der Waals surface area contributed by atoms with Crippen LogP contribution < -0.4 is 10.4 Å². The minimum Gasteiger partial charge on any atom is -0.452 e. The van der Waals surface area contributed by atoms with Gasteiger partial charge in [-0.15, -0.1) is 0 Å². The Morgan fingerprint density at radius 2 is 1.70 bits per heavy atom. The Balaban J connectivity index is 2.68. The maximum absolute atomic E-state index is 12.5. The normalized spacial score (nSPS) is 11.0. The summed E-state index contributed by atoms with van der Waals surface area (Å²) in [6, 6.07) is 14.0. The number of methoxy groups -OCH3 is 2. The number of carbonyl (C=O) groups is 2. The Bertz CT molecular complexity index is 907. The maximum Gasteiger partial charge on any atom is 0.433 e. The molecule has 0 heterocycles. The lowest BCUT2D eigenvalue weighted by atomic mass is 9.93. The number of unbranched alkanes of at least 4 members (excludes halogenated alkanes) is 1. The van der Waals surface area contributed by atoms with Gasteiger partial charge in [-0.25, -0.2) is 15.0 Å². The second-order valence-electron chi connectivity index (χ2n) is 7.05. The molecule has 2 rings (SSSR count). The van der Waals surface area contributed by atoms with E-state index in [1.165, 1.54) is 14.2 Å². The van der Waals surface area contributed by atoms with Crippen molar-refractivity contribution in [3.63, 3.8) is 0 Å². The zero-order chi connectivity index (χ0) is 22.1. The molecule has 0 spiro atoms. The Kier molecular flexibility index (Phi) is 8.47. The molecular weight excluding hydrogens is 380 g/mol. The van der Waals surface area contributed by atoms with Gasteiger partial charge in [0.1, 0.15) is 0 Å². The number of anilines is 1. The molecule has 6 heteroatoms. The first-order valence-corrected chi connectivity index (χ1v) is 10.0. The van der Waals surface area contributed by atoms with Gasteiger partial charge in [-0.05, 0) is 61.1 Å². The van der Waals surface area contributed by atoms with Crippen LogP contribution in [0.5, 0.6) is 0 Å². The summed E-state index contributed by atoms with van der Waals surface area (Å²) in [4.78, 5) is 24.4. The van der Waals surface area contributed by atoms with Gasteiger partial charge in [-0.3, -0.25) is 0 Å². The van der Waals surface area contributed by atoms with Gasteiger partial charge in [-0.1, -0.05) is 49.8 Å². The molecule has 0 fully saturated rings. The predicted molar refractivity (Wildman–Crippen MR) is 120 cm³/mol. The molecule has 30 heavy (non-hydrogen) atoms. The molecule has 0 aliphatic heterocycles. The Labute approximate surface area is 178 Å². The molecule has 0 saturated carbocycles. The fourth-order valence-corrected chi connectivity index (χ4v) is 3.08. The Morgan fingerprint density at radius 3 is 2.30 bits per heavy atom. The van der Waals surface area contributed by atoms with Gasteiger partial charge >= 0.3 is 12.2 Å². The molecular formula is C24H30N2O4. The van der Waals surface area contributed by atoms with E-state index < -0.39 is 12.2 Å². The summed E-state index contributed by atoms with van der Waals surface area (Å²) in [5.74, 6) is 0. The van der Waals surface area contributed by atoms with Crippen LogP contribution in [0, 0.1) is 13.8 Å². The fraction of sp³-hybridized carbons (Fsp3) is 0.333. The van der Waals surface area contributed by atoms with Crippen LogP contribution in [0.15, 0.2) is 42.5 Å². The van der Waals surface area contributed by atoms with Crippen LogP contribution in [0.2, 0.25) is 0 Å². The highest BCUT2D eigenvalue weighted by Gasteiger charge is 2.24. The molecule has 0 aliphatic carbocycles. The van der Waals surface area contributed by atoms with Gasteiger partial charge in [-0.2, -0.15) is 5.01 Å². The zero-order valence-electron chi connectivity index (χ0n) is 18.3. The summed E-state index contributed by atoms with van der Waals surface area (Å²) < 4.78 is 9.61. The van der Waals surface area contributed by atoms with E-state index in [9.17, 15) is 9.59 Å². The minimum atomic E-state index is -0.758. The van der Waals surface area contributed by atoms with Crippen molar-refractivity contribution in [2.24, 2.45) is 0 Å². The smallest absolute Gasteiger partial charge is 0.433 e. The third-order valence-corrected chi connectivity index (χ3v) is 4.88. The van der Waals surface area contributed by atoms with Crippen molar-refractivity contribution in [1.29, 1.82) is 0 Å². The van der Waals surface area contributed by atoms with Crippen LogP contribution in [0.1, 0.15) is 48.4 Å². The summed E-state index contributed by atoms with van der Waals surface area (Å²) in [6.07, 6.45) is 3.51. The van der Waals surface area contributed by atoms with Gasteiger partial charge in [0.15, 0.2) is 0 Å². The summed E-state index contributed by atoms with van der Waals surface area (Å²) >= 11 is 0. The van der Waals surface area contributed by atoms with Crippen LogP contribution in [0.25, 0.3) is 11.6 Å². The molecule has 0 aromatic heterocycles. The number of hydrazine groups is 1. The molecule has 0 saturated heterocycles. The second-order valence-corrected chi connectivity index (χ2v) is 7.05. The molecule has 1 N–H and O–H groups in total. The van der Waals surface area contributed by atoms with Crippen molar-refractivity contribution in [3.8, 4) is 0 Å². The lowest BCUT2D eigenvalue weighted by Crippen LogP contribution is -2.47. The maximum atomic E-state index is 12.5. The molecule has 0 aliphatic rings. The van der Waals surface area contributed by atoms with Crippen LogP contribution in [0.4, 0.5) is 15.3 Å². The number of amides is 2. The molecule has 0 radical (unpaired) electrons. The highest BCUT2D eigenvalue weighted by atomic mass is 16.6. The van der Waals surface area contributed by atoms with E-state index in [0.717, 1.165) is 52.1 Å². The molecule has 2 aromatic rings. The van der Waals surface area contributed by atoms with E-state index in [0.29, 0.717) is 5.69 Å². The van der Waals surface area contributed by atoms with E-state index in [1.807, 2.05) is 56.3 Å². The van der Waals surface area contributed by atoms with E-state index in [1.54, 1.807) is 0 Å². The quantitative estimate of drug-likeness (QED) is 0.477. The molecule has 0 bridgehead atoms. The van der Waals surface area contributed by atoms with Gasteiger partial charge in [0.2, 0.25) is 0 Å². The van der Waals surface area contributed by atoms with Crippen LogP contribution >= 0.6 is 0 Å². The van der Waals surface area contributed by atoms with E-state index in [-0.39, 0.29) is 0 Å². The third-order valence-electron chi connectivity index (χ3n) is 4.88. The van der Waals surface area contributed by atoms with E-state index in [2.05, 4.69) is 18.4 Å². The summed E-state index contributed by atoms with van der Waals surface area (Å²) in [7, 11) is 2.51. The topological polar surface area (TPSA) is 67.9 Å². The number of ether oxygens (including phenoxy) is 2. The number of benzene rings is 2. The number of allylic oxidation sites excluding steroid dienone is 1. The Hall–Kier alpha value is -3.28. The average Bonchev–Trinajstić information content (AvgIpc) is 2.76. The fourth-order valence-electron chi connectivity index (χ4n) is 3.08. The number of nitrogens with one attached hydrogen (secondary N) is 1. The lowest BCUT2D eigenvalue weighted by molar-refractivity contribution is 0.157. The average molecular weight is 411 g/mol. The van der Waals surface area contributed by atoms with Gasteiger partial charge in [0.25, 0.3) is 0 Å². The number of hydrogen-bond acceptors (Lipinski definition) is 4. The van der Waals surface area contributed by atoms with Crippen molar-refractivity contribution < 1.29 is 19.1 Å². The largest absolute Gasteiger partial charge is 0.452 e. The third kappa shape index (κ3) is 5.86. The van der Waals surface area contributed by atoms with Gasteiger partial charge in [0, 0.05) is 5.56 Å². The van der Waals surface area contributed by atoms with Gasteiger partial charge < -0.3 is 9.47 Å². The molecule has 0 atom stereocenters. The number of nitrogens with zero attached hydrogens (tertiary/aromatic N) is 1. The van der Waals surface area contributed by atoms with Crippen molar-refractivity contribution in [1.82, 2.24) is 5.43 Å². The molecule has 6 nitrogen and oxygen atoms in total. The highest BCUT2D eigenvalue weighted by Crippen LogP contribution is 2.34. The number of carbonyl (C=O) groups excluding carboxylic acids is 2. The first kappa shape index (κ1) is 23.0. The van der Waals surface area contributed by atoms with Crippen molar-refractivity contribution in [2.45, 2.75) is 40.0 Å². The summed E-state index contributed by atoms with van der Waals surface area (Å²) in [6.45, 7) is 6.13. The summed E-state index contributed by atoms with van der Waals surface area (Å²) in [5.41, 5.74) is 8.08. The van der Waals surface area contributed by atoms with Crippen LogP contribution in [0.3, 0.4) is 0 Å². The van der Waals surface area contributed by atoms with Crippen LogP contribution in [-0.2, 0) is 9.47 Å². The monoisotopic (exact) mass is 410 g/mol. The zero-order valence-corrected chi connectivity index (χ0v) is 18.3. The molecule has 0 unspecified atom stereocenters. The van der Waals surface area contributed by atoms with Crippen molar-refractivity contribution >= 4 is 29.5 Å². The number of rotatable bonds is 6. The lowest BCUT2D eigenvalue weighted by Gasteiger charge is -2.25. The van der Waals surface area contributed by atoms with E-state index in [4.69, 9.17) is 9.47 Å². The second kappa shape index (κ2) is 11.0. The Morgan fingerprint density at radius 1 is 1.03 bits per heavy atom. The standard InChI is InChI=1S/C24H30N2O4/c1-6-7-13-20(16-19-11-9-8-10-12-19)21-14-17(2)18(3)15-22(21)26(24(28)30-5)25-23(27)29-4/h8-12,14-16H,6-7,13H2,1-5H3,(H,25,27)/b20-16+. The molecule has 2 aromatic carbocycles. The number of hydrogen-bond donors (Lipinski definition) is 1. The number of aryl methyl sites for hydroxylation is 2. The predicted octanol–water partition coefficient (Wildman–Crippen LogP) is 5.88. The van der Waals surface area contributed by atoms with Crippen molar-refractivity contribution in [3.05, 3.63) is 64.7 Å². The van der Waals surface area contributed by atoms with Crippen molar-refractivity contribution in [2.75, 3.05) is 19.2 Å². The first-order chi connectivity index (χ1) is 14.4. The highest BCUT2D eigenvalue weighted by molar-refractivity contribution is 5.96. The van der Waals surface area contributed by atoms with Gasteiger partial charge in [0.05, 0.1) is 19.9 Å². The van der Waals surface area contributed by atoms with Crippen LogP contribution in [-0.4, -0.2) is 26.4 Å². The molecule has 2 amide bonds.